The summed E-state index contributed by atoms with van der Waals surface area (Å²) in [6.45, 7) is 5.52. The fourth-order valence-electron chi connectivity index (χ4n) is 1.85. The van der Waals surface area contributed by atoms with Crippen LogP contribution >= 0.6 is 0 Å². The van der Waals surface area contributed by atoms with E-state index in [1.807, 2.05) is 17.9 Å². The number of fused-ring (bicyclic) bond motifs is 1. The zero-order chi connectivity index (χ0) is 10.1. The molecule has 0 amide bonds. The molecule has 0 spiro atoms. The summed E-state index contributed by atoms with van der Waals surface area (Å²) in [6.07, 6.45) is 3.04. The molecule has 0 aromatic carbocycles. The van der Waals surface area contributed by atoms with Gasteiger partial charge in [-0.2, -0.15) is 5.10 Å². The van der Waals surface area contributed by atoms with Gasteiger partial charge in [0.05, 0.1) is 11.9 Å². The summed E-state index contributed by atoms with van der Waals surface area (Å²) in [7, 11) is 1.97. The van der Waals surface area contributed by atoms with E-state index in [1.165, 1.54) is 0 Å². The Morgan fingerprint density at radius 2 is 2.36 bits per heavy atom. The van der Waals surface area contributed by atoms with Gasteiger partial charge in [0, 0.05) is 19.6 Å². The van der Waals surface area contributed by atoms with Crippen LogP contribution in [0.25, 0.3) is 0 Å². The first-order chi connectivity index (χ1) is 6.68. The van der Waals surface area contributed by atoms with Gasteiger partial charge in [-0.15, -0.1) is 0 Å². The highest BCUT2D eigenvalue weighted by atomic mass is 15.3. The maximum Gasteiger partial charge on any atom is 0.147 e. The van der Waals surface area contributed by atoms with E-state index in [2.05, 4.69) is 29.6 Å². The van der Waals surface area contributed by atoms with E-state index in [1.54, 1.807) is 0 Å². The Kier molecular flexibility index (Phi) is 2.35. The lowest BCUT2D eigenvalue weighted by molar-refractivity contribution is 0.503. The molecule has 78 valence electrons. The van der Waals surface area contributed by atoms with Crippen LogP contribution in [0.4, 0.5) is 11.5 Å². The van der Waals surface area contributed by atoms with Crippen molar-refractivity contribution < 1.29 is 0 Å². The largest absolute Gasteiger partial charge is 0.381 e. The lowest BCUT2D eigenvalue weighted by Gasteiger charge is -2.20. The van der Waals surface area contributed by atoms with Gasteiger partial charge in [0.25, 0.3) is 0 Å². The lowest BCUT2D eigenvalue weighted by atomic mass is 10.0. The van der Waals surface area contributed by atoms with Crippen LogP contribution in [0.3, 0.4) is 0 Å². The van der Waals surface area contributed by atoms with Crippen molar-refractivity contribution in [3.05, 3.63) is 6.20 Å². The molecule has 2 N–H and O–H groups in total. The van der Waals surface area contributed by atoms with Crippen molar-refractivity contribution in [3.63, 3.8) is 0 Å². The second-order valence-electron chi connectivity index (χ2n) is 4.24. The smallest absolute Gasteiger partial charge is 0.147 e. The molecule has 1 unspecified atom stereocenters. The van der Waals surface area contributed by atoms with E-state index < -0.39 is 0 Å². The predicted molar refractivity (Wildman–Crippen MR) is 58.6 cm³/mol. The minimum Gasteiger partial charge on any atom is -0.381 e. The van der Waals surface area contributed by atoms with Gasteiger partial charge in [-0.25, -0.2) is 0 Å². The van der Waals surface area contributed by atoms with Crippen molar-refractivity contribution in [1.29, 1.82) is 0 Å². The molecule has 0 radical (unpaired) electrons. The molecule has 0 saturated heterocycles. The number of aromatic nitrogens is 2. The van der Waals surface area contributed by atoms with E-state index in [4.69, 9.17) is 0 Å². The van der Waals surface area contributed by atoms with Gasteiger partial charge >= 0.3 is 0 Å². The first-order valence-electron chi connectivity index (χ1n) is 5.21. The Bertz CT molecular complexity index is 316. The SMILES string of the molecule is CC(C)C1CCNc2cnn(C)c2N1. The monoisotopic (exact) mass is 194 g/mol. The van der Waals surface area contributed by atoms with Crippen molar-refractivity contribution in [1.82, 2.24) is 9.78 Å². The highest BCUT2D eigenvalue weighted by Gasteiger charge is 2.20. The van der Waals surface area contributed by atoms with Gasteiger partial charge in [0.2, 0.25) is 0 Å². The minimum absolute atomic E-state index is 0.541. The molecule has 1 aromatic heterocycles. The van der Waals surface area contributed by atoms with Crippen molar-refractivity contribution in [2.45, 2.75) is 26.3 Å². The van der Waals surface area contributed by atoms with Crippen LogP contribution in [0, 0.1) is 5.92 Å². The number of hydrogen-bond acceptors (Lipinski definition) is 3. The number of rotatable bonds is 1. The summed E-state index contributed by atoms with van der Waals surface area (Å²) in [5.74, 6) is 1.76. The molecule has 1 aliphatic heterocycles. The second-order valence-corrected chi connectivity index (χ2v) is 4.24. The van der Waals surface area contributed by atoms with Crippen LogP contribution in [0.5, 0.6) is 0 Å². The van der Waals surface area contributed by atoms with Gasteiger partial charge in [0.15, 0.2) is 0 Å². The van der Waals surface area contributed by atoms with E-state index in [0.29, 0.717) is 12.0 Å². The van der Waals surface area contributed by atoms with Crippen molar-refractivity contribution in [3.8, 4) is 0 Å². The minimum atomic E-state index is 0.541. The van der Waals surface area contributed by atoms with E-state index >= 15 is 0 Å². The number of hydrogen-bond donors (Lipinski definition) is 2. The Morgan fingerprint density at radius 1 is 1.57 bits per heavy atom. The third-order valence-electron chi connectivity index (χ3n) is 2.84. The standard InChI is InChI=1S/C10H18N4/c1-7(2)8-4-5-11-9-6-12-14(3)10(9)13-8/h6-8,11,13H,4-5H2,1-3H3. The molecule has 1 atom stereocenters. The van der Waals surface area contributed by atoms with Crippen molar-refractivity contribution in [2.24, 2.45) is 13.0 Å². The molecule has 1 aliphatic rings. The highest BCUT2D eigenvalue weighted by molar-refractivity contribution is 5.65. The summed E-state index contributed by atoms with van der Waals surface area (Å²) in [4.78, 5) is 0. The summed E-state index contributed by atoms with van der Waals surface area (Å²) in [5, 5.41) is 11.2. The molecule has 0 saturated carbocycles. The third kappa shape index (κ3) is 1.56. The molecule has 14 heavy (non-hydrogen) atoms. The number of anilines is 2. The van der Waals surface area contributed by atoms with Crippen molar-refractivity contribution in [2.75, 3.05) is 17.2 Å². The molecule has 4 nitrogen and oxygen atoms in total. The number of aryl methyl sites for hydroxylation is 1. The lowest BCUT2D eigenvalue weighted by Crippen LogP contribution is -2.26. The Morgan fingerprint density at radius 3 is 3.07 bits per heavy atom. The average molecular weight is 194 g/mol. The van der Waals surface area contributed by atoms with Crippen LogP contribution < -0.4 is 10.6 Å². The maximum atomic E-state index is 4.23. The Balaban J connectivity index is 2.24. The van der Waals surface area contributed by atoms with Gasteiger partial charge < -0.3 is 10.6 Å². The fourth-order valence-corrected chi connectivity index (χ4v) is 1.85. The van der Waals surface area contributed by atoms with Gasteiger partial charge in [0.1, 0.15) is 5.82 Å². The van der Waals surface area contributed by atoms with Gasteiger partial charge in [-0.3, -0.25) is 4.68 Å². The zero-order valence-corrected chi connectivity index (χ0v) is 9.04. The van der Waals surface area contributed by atoms with Crippen LogP contribution in [0.2, 0.25) is 0 Å². The average Bonchev–Trinajstić information content (AvgIpc) is 2.40. The highest BCUT2D eigenvalue weighted by Crippen LogP contribution is 2.26. The molecule has 1 aromatic rings. The van der Waals surface area contributed by atoms with Crippen LogP contribution in [0.1, 0.15) is 20.3 Å². The van der Waals surface area contributed by atoms with Crippen LogP contribution in [0.15, 0.2) is 6.20 Å². The van der Waals surface area contributed by atoms with Crippen molar-refractivity contribution >= 4 is 11.5 Å². The molecule has 2 rings (SSSR count). The second kappa shape index (κ2) is 3.52. The molecule has 0 aliphatic carbocycles. The molecular weight excluding hydrogens is 176 g/mol. The topological polar surface area (TPSA) is 41.9 Å². The first kappa shape index (κ1) is 9.37. The van der Waals surface area contributed by atoms with Crippen LogP contribution in [-0.2, 0) is 7.05 Å². The van der Waals surface area contributed by atoms with E-state index in [0.717, 1.165) is 24.5 Å². The predicted octanol–water partition coefficient (Wildman–Crippen LogP) is 1.67. The van der Waals surface area contributed by atoms with Gasteiger partial charge in [-0.1, -0.05) is 13.8 Å². The molecule has 2 heterocycles. The molecule has 0 fully saturated rings. The number of nitrogens with zero attached hydrogens (tertiary/aromatic N) is 2. The molecule has 0 bridgehead atoms. The molecular formula is C10H18N4. The van der Waals surface area contributed by atoms with E-state index in [9.17, 15) is 0 Å². The van der Waals surface area contributed by atoms with E-state index in [-0.39, 0.29) is 0 Å². The first-order valence-corrected chi connectivity index (χ1v) is 5.21. The van der Waals surface area contributed by atoms with Crippen LogP contribution in [-0.4, -0.2) is 22.4 Å². The summed E-state index contributed by atoms with van der Waals surface area (Å²) in [5.41, 5.74) is 1.12. The van der Waals surface area contributed by atoms with Gasteiger partial charge in [-0.05, 0) is 12.3 Å². The zero-order valence-electron chi connectivity index (χ0n) is 9.04. The fraction of sp³-hybridized carbons (Fsp3) is 0.700. The Labute approximate surface area is 84.7 Å². The third-order valence-corrected chi connectivity index (χ3v) is 2.84. The number of nitrogens with one attached hydrogen (secondary N) is 2. The maximum absolute atomic E-state index is 4.23. The summed E-state index contributed by atoms with van der Waals surface area (Å²) < 4.78 is 1.89. The normalized spacial score (nSPS) is 21.0. The summed E-state index contributed by atoms with van der Waals surface area (Å²) >= 11 is 0. The summed E-state index contributed by atoms with van der Waals surface area (Å²) in [6, 6.07) is 0.541. The quantitative estimate of drug-likeness (QED) is 0.714. The molecule has 4 heteroatoms. The Hall–Kier alpha value is -1.19.